The van der Waals surface area contributed by atoms with E-state index in [1.165, 1.54) is 17.4 Å². The monoisotopic (exact) mass is 562 g/mol. The number of aromatic nitrogens is 1. The number of likely N-dealkylation sites (tertiary alicyclic amines) is 1. The SMILES string of the molecule is O=C(O)C1=C(C(=O)N2CCC(c3nc(C(=O)N4CCN(c5cccc(C(F)(F)F)c5)CC4)cs3)CC2)CCC1. The van der Waals surface area contributed by atoms with Gasteiger partial charge in [-0.25, -0.2) is 9.78 Å². The van der Waals surface area contributed by atoms with E-state index < -0.39 is 17.7 Å². The third-order valence-corrected chi connectivity index (χ3v) is 8.72. The molecule has 0 bridgehead atoms. The molecule has 2 fully saturated rings. The number of carboxylic acid groups (broad SMARTS) is 1. The van der Waals surface area contributed by atoms with Crippen LogP contribution >= 0.6 is 11.3 Å². The number of hydrogen-bond acceptors (Lipinski definition) is 6. The number of thiazole rings is 1. The quantitative estimate of drug-likeness (QED) is 0.581. The van der Waals surface area contributed by atoms with E-state index in [0.29, 0.717) is 88.3 Å². The Bertz CT molecular complexity index is 1290. The molecule has 1 aromatic heterocycles. The van der Waals surface area contributed by atoms with Gasteiger partial charge in [-0.05, 0) is 50.3 Å². The lowest BCUT2D eigenvalue weighted by Crippen LogP contribution is -2.49. The van der Waals surface area contributed by atoms with Crippen molar-refractivity contribution in [2.75, 3.05) is 44.2 Å². The van der Waals surface area contributed by atoms with Crippen LogP contribution in [-0.4, -0.2) is 76.9 Å². The second kappa shape index (κ2) is 11.0. The van der Waals surface area contributed by atoms with E-state index >= 15 is 0 Å². The second-order valence-electron chi connectivity index (χ2n) is 10.1. The van der Waals surface area contributed by atoms with Crippen LogP contribution in [0.4, 0.5) is 18.9 Å². The highest BCUT2D eigenvalue weighted by Gasteiger charge is 2.33. The lowest BCUT2D eigenvalue weighted by Gasteiger charge is -2.36. The van der Waals surface area contributed by atoms with Gasteiger partial charge in [-0.3, -0.25) is 9.59 Å². The van der Waals surface area contributed by atoms with E-state index in [4.69, 9.17) is 0 Å². The number of piperazine rings is 1. The fourth-order valence-corrected chi connectivity index (χ4v) is 6.48. The average Bonchev–Trinajstić information content (AvgIpc) is 3.63. The Labute approximate surface area is 227 Å². The number of rotatable bonds is 5. The maximum Gasteiger partial charge on any atom is 0.416 e. The molecule has 0 radical (unpaired) electrons. The maximum atomic E-state index is 13.1. The number of benzene rings is 1. The van der Waals surface area contributed by atoms with Crippen molar-refractivity contribution in [1.82, 2.24) is 14.8 Å². The molecule has 2 aliphatic heterocycles. The van der Waals surface area contributed by atoms with Gasteiger partial charge in [-0.2, -0.15) is 13.2 Å². The number of piperidine rings is 1. The molecule has 0 atom stereocenters. The third-order valence-electron chi connectivity index (χ3n) is 7.71. The molecule has 1 aliphatic carbocycles. The molecule has 0 saturated carbocycles. The molecule has 0 spiro atoms. The molecule has 2 aromatic rings. The number of hydrogen-bond donors (Lipinski definition) is 1. The van der Waals surface area contributed by atoms with Gasteiger partial charge in [0.25, 0.3) is 5.91 Å². The highest BCUT2D eigenvalue weighted by molar-refractivity contribution is 7.09. The Morgan fingerprint density at radius 2 is 1.59 bits per heavy atom. The molecule has 39 heavy (non-hydrogen) atoms. The van der Waals surface area contributed by atoms with E-state index in [1.807, 2.05) is 4.90 Å². The van der Waals surface area contributed by atoms with E-state index in [9.17, 15) is 32.7 Å². The lowest BCUT2D eigenvalue weighted by molar-refractivity contribution is -0.137. The number of halogens is 3. The summed E-state index contributed by atoms with van der Waals surface area (Å²) >= 11 is 1.42. The van der Waals surface area contributed by atoms with E-state index in [-0.39, 0.29) is 23.3 Å². The topological polar surface area (TPSA) is 94.0 Å². The zero-order chi connectivity index (χ0) is 27.7. The van der Waals surface area contributed by atoms with Gasteiger partial charge in [0.15, 0.2) is 0 Å². The summed E-state index contributed by atoms with van der Waals surface area (Å²) in [6, 6.07) is 5.23. The Hall–Kier alpha value is -3.41. The summed E-state index contributed by atoms with van der Waals surface area (Å²) in [6.07, 6.45) is -1.39. The summed E-state index contributed by atoms with van der Waals surface area (Å²) in [5, 5.41) is 12.0. The van der Waals surface area contributed by atoms with Crippen LogP contribution in [0.5, 0.6) is 0 Å². The minimum atomic E-state index is -4.40. The Morgan fingerprint density at radius 1 is 0.923 bits per heavy atom. The van der Waals surface area contributed by atoms with Crippen molar-refractivity contribution in [2.24, 2.45) is 0 Å². The van der Waals surface area contributed by atoms with Gasteiger partial charge in [-0.1, -0.05) is 6.07 Å². The summed E-state index contributed by atoms with van der Waals surface area (Å²) in [5.74, 6) is -1.26. The predicted molar refractivity (Wildman–Crippen MR) is 139 cm³/mol. The molecule has 12 heteroatoms. The minimum Gasteiger partial charge on any atom is -0.478 e. The van der Waals surface area contributed by atoms with Crippen molar-refractivity contribution in [3.63, 3.8) is 0 Å². The van der Waals surface area contributed by atoms with Crippen molar-refractivity contribution in [3.05, 3.63) is 57.1 Å². The molecule has 8 nitrogen and oxygen atoms in total. The van der Waals surface area contributed by atoms with Crippen LogP contribution in [0.15, 0.2) is 40.8 Å². The molecule has 5 rings (SSSR count). The third kappa shape index (κ3) is 5.80. The number of anilines is 1. The first-order valence-electron chi connectivity index (χ1n) is 13.0. The number of nitrogens with zero attached hydrogens (tertiary/aromatic N) is 4. The van der Waals surface area contributed by atoms with Crippen molar-refractivity contribution in [2.45, 2.75) is 44.2 Å². The number of aliphatic carboxylic acids is 1. The largest absolute Gasteiger partial charge is 0.478 e. The van der Waals surface area contributed by atoms with E-state index in [2.05, 4.69) is 4.98 Å². The smallest absolute Gasteiger partial charge is 0.416 e. The second-order valence-corrected chi connectivity index (χ2v) is 11.0. The van der Waals surface area contributed by atoms with Crippen LogP contribution in [-0.2, 0) is 15.8 Å². The molecular formula is C27H29F3N4O4S. The van der Waals surface area contributed by atoms with Crippen LogP contribution in [0, 0.1) is 0 Å². The van der Waals surface area contributed by atoms with Gasteiger partial charge < -0.3 is 19.8 Å². The van der Waals surface area contributed by atoms with Gasteiger partial charge in [0, 0.05) is 67.4 Å². The number of alkyl halides is 3. The van der Waals surface area contributed by atoms with Gasteiger partial charge in [0.1, 0.15) is 5.69 Å². The van der Waals surface area contributed by atoms with Crippen LogP contribution in [0.25, 0.3) is 0 Å². The molecule has 1 aromatic carbocycles. The summed E-state index contributed by atoms with van der Waals surface area (Å²) in [6.45, 7) is 2.65. The van der Waals surface area contributed by atoms with Crippen LogP contribution in [0.2, 0.25) is 0 Å². The first-order chi connectivity index (χ1) is 18.6. The molecule has 2 amide bonds. The molecule has 3 heterocycles. The normalized spacial score (nSPS) is 19.1. The van der Waals surface area contributed by atoms with Crippen molar-refractivity contribution in [3.8, 4) is 0 Å². The lowest BCUT2D eigenvalue weighted by atomic mass is 9.96. The minimum absolute atomic E-state index is 0.120. The van der Waals surface area contributed by atoms with E-state index in [0.717, 1.165) is 17.1 Å². The molecule has 3 aliphatic rings. The molecular weight excluding hydrogens is 533 g/mol. The highest BCUT2D eigenvalue weighted by atomic mass is 32.1. The van der Waals surface area contributed by atoms with Gasteiger partial charge in [0.05, 0.1) is 10.6 Å². The fraction of sp³-hybridized carbons (Fsp3) is 0.481. The summed E-state index contributed by atoms with van der Waals surface area (Å²) in [5.41, 5.74) is 0.825. The first-order valence-corrected chi connectivity index (χ1v) is 13.9. The van der Waals surface area contributed by atoms with Gasteiger partial charge >= 0.3 is 12.1 Å². The Morgan fingerprint density at radius 3 is 2.26 bits per heavy atom. The highest BCUT2D eigenvalue weighted by Crippen LogP contribution is 2.34. The number of carboxylic acids is 1. The van der Waals surface area contributed by atoms with Crippen molar-refractivity contribution in [1.29, 1.82) is 0 Å². The van der Waals surface area contributed by atoms with Crippen LogP contribution < -0.4 is 4.90 Å². The number of amides is 2. The van der Waals surface area contributed by atoms with Crippen molar-refractivity contribution < 1.29 is 32.7 Å². The maximum absolute atomic E-state index is 13.1. The zero-order valence-corrected chi connectivity index (χ0v) is 22.1. The van der Waals surface area contributed by atoms with Crippen LogP contribution in [0.1, 0.15) is 59.1 Å². The van der Waals surface area contributed by atoms with Crippen LogP contribution in [0.3, 0.4) is 0 Å². The Kier molecular flexibility index (Phi) is 7.66. The van der Waals surface area contributed by atoms with Crippen molar-refractivity contribution >= 4 is 34.8 Å². The molecule has 2 saturated heterocycles. The van der Waals surface area contributed by atoms with Gasteiger partial charge in [-0.15, -0.1) is 11.3 Å². The Balaban J connectivity index is 1.15. The fourth-order valence-electron chi connectivity index (χ4n) is 5.52. The molecule has 208 valence electrons. The average molecular weight is 563 g/mol. The molecule has 0 unspecified atom stereocenters. The number of carbonyl (C=O) groups is 3. The number of carbonyl (C=O) groups excluding carboxylic acids is 2. The zero-order valence-electron chi connectivity index (χ0n) is 21.2. The summed E-state index contributed by atoms with van der Waals surface area (Å²) in [7, 11) is 0. The predicted octanol–water partition coefficient (Wildman–Crippen LogP) is 4.40. The standard InChI is InChI=1S/C27H29F3N4O4S/c28-27(29,30)18-3-1-4-19(15-18)32-11-13-34(14-12-32)25(36)22-16-39-23(31-22)17-7-9-33(10-8-17)24(35)20-5-2-6-21(20)26(37)38/h1,3-4,15-17H,2,5-14H2,(H,37,38). The first kappa shape index (κ1) is 27.2. The molecule has 1 N–H and O–H groups in total. The summed E-state index contributed by atoms with van der Waals surface area (Å²) in [4.78, 5) is 47.3. The van der Waals surface area contributed by atoms with Gasteiger partial charge in [0.2, 0.25) is 5.91 Å². The van der Waals surface area contributed by atoms with E-state index in [1.54, 1.807) is 21.2 Å². The summed E-state index contributed by atoms with van der Waals surface area (Å²) < 4.78 is 39.2.